The Balaban J connectivity index is 4.07. The maximum absolute atomic E-state index is 12.7. The normalized spacial score (nSPS) is 12.4. The lowest BCUT2D eigenvalue weighted by Crippen LogP contribution is -2.38. The van der Waals surface area contributed by atoms with Gasteiger partial charge in [-0.15, -0.1) is 0 Å². The van der Waals surface area contributed by atoms with Crippen LogP contribution in [0.3, 0.4) is 0 Å². The molecule has 0 unspecified atom stereocenters. The van der Waals surface area contributed by atoms with E-state index in [0.29, 0.717) is 5.57 Å². The minimum atomic E-state index is -4.07. The fourth-order valence-corrected chi connectivity index (χ4v) is 0.645. The van der Waals surface area contributed by atoms with Gasteiger partial charge in [0.1, 0.15) is 5.76 Å². The first-order valence-corrected chi connectivity index (χ1v) is 4.31. The molecule has 0 atom stereocenters. The van der Waals surface area contributed by atoms with E-state index in [1.54, 1.807) is 6.92 Å². The Morgan fingerprint density at radius 3 is 2.00 bits per heavy atom. The molecule has 0 aromatic rings. The summed E-state index contributed by atoms with van der Waals surface area (Å²) in [6.45, 7) is 8.09. The summed E-state index contributed by atoms with van der Waals surface area (Å²) in [6, 6.07) is 0. The second-order valence-corrected chi connectivity index (χ2v) is 3.39. The second-order valence-electron chi connectivity index (χ2n) is 3.39. The minimum absolute atomic E-state index is 0.130. The molecule has 15 heavy (non-hydrogen) atoms. The molecular weight excluding hydrogens is 212 g/mol. The quantitative estimate of drug-likeness (QED) is 0.380. The zero-order valence-corrected chi connectivity index (χ0v) is 8.75. The van der Waals surface area contributed by atoms with Crippen LogP contribution in [0.1, 0.15) is 20.3 Å². The Bertz CT molecular complexity index is 253. The molecular formula is C10H14F4O. The van der Waals surface area contributed by atoms with E-state index in [4.69, 9.17) is 4.74 Å². The first-order chi connectivity index (χ1) is 6.58. The van der Waals surface area contributed by atoms with Gasteiger partial charge in [-0.1, -0.05) is 13.2 Å². The van der Waals surface area contributed by atoms with Crippen molar-refractivity contribution in [1.29, 1.82) is 0 Å². The predicted molar refractivity (Wildman–Crippen MR) is 50.1 cm³/mol. The van der Waals surface area contributed by atoms with Crippen molar-refractivity contribution >= 4 is 0 Å². The van der Waals surface area contributed by atoms with E-state index in [0.717, 1.165) is 0 Å². The summed E-state index contributed by atoms with van der Waals surface area (Å²) in [6.07, 6.45) is -1.05. The molecule has 1 nitrogen and oxygen atoms in total. The van der Waals surface area contributed by atoms with Gasteiger partial charge in [0.25, 0.3) is 0 Å². The molecule has 5 heteroatoms. The largest absolute Gasteiger partial charge is 0.494 e. The Kier molecular flexibility index (Phi) is 4.37. The van der Waals surface area contributed by atoms with Crippen LogP contribution in [0.2, 0.25) is 0 Å². The highest BCUT2D eigenvalue weighted by Gasteiger charge is 2.51. The monoisotopic (exact) mass is 226 g/mol. The third-order valence-corrected chi connectivity index (χ3v) is 1.81. The topological polar surface area (TPSA) is 9.23 Å². The van der Waals surface area contributed by atoms with Gasteiger partial charge in [0.05, 0.1) is 13.0 Å². The summed E-state index contributed by atoms with van der Waals surface area (Å²) in [5.74, 6) is -7.98. The van der Waals surface area contributed by atoms with Gasteiger partial charge >= 0.3 is 11.8 Å². The second kappa shape index (κ2) is 4.68. The van der Waals surface area contributed by atoms with Gasteiger partial charge in [0.2, 0.25) is 0 Å². The lowest BCUT2D eigenvalue weighted by Gasteiger charge is -2.23. The molecule has 0 rings (SSSR count). The van der Waals surface area contributed by atoms with Crippen LogP contribution in [0.5, 0.6) is 0 Å². The molecule has 0 aliphatic heterocycles. The molecule has 0 radical (unpaired) electrons. The molecule has 0 bridgehead atoms. The summed E-state index contributed by atoms with van der Waals surface area (Å²) >= 11 is 0. The maximum Gasteiger partial charge on any atom is 0.313 e. The summed E-state index contributed by atoms with van der Waals surface area (Å²) in [5, 5.41) is 0. The maximum atomic E-state index is 12.7. The number of alkyl halides is 4. The van der Waals surface area contributed by atoms with Crippen LogP contribution in [0.15, 0.2) is 24.5 Å². The Hall–Kier alpha value is -1.00. The fourth-order valence-electron chi connectivity index (χ4n) is 0.645. The molecule has 0 heterocycles. The first-order valence-electron chi connectivity index (χ1n) is 4.31. The number of hydrogen-bond donors (Lipinski definition) is 0. The van der Waals surface area contributed by atoms with E-state index in [9.17, 15) is 17.6 Å². The van der Waals surface area contributed by atoms with Crippen LogP contribution in [-0.4, -0.2) is 18.5 Å². The third-order valence-electron chi connectivity index (χ3n) is 1.81. The average molecular weight is 226 g/mol. The highest BCUT2D eigenvalue weighted by molar-refractivity contribution is 5.15. The number of ether oxygens (including phenoxy) is 1. The minimum Gasteiger partial charge on any atom is -0.494 e. The third kappa shape index (κ3) is 4.36. The molecule has 0 saturated heterocycles. The molecule has 0 fully saturated rings. The lowest BCUT2D eigenvalue weighted by molar-refractivity contribution is -0.204. The van der Waals surface area contributed by atoms with E-state index < -0.39 is 24.9 Å². The van der Waals surface area contributed by atoms with E-state index in [1.807, 2.05) is 0 Å². The smallest absolute Gasteiger partial charge is 0.313 e. The Labute approximate surface area is 86.4 Å². The molecule has 0 aromatic heterocycles. The van der Waals surface area contributed by atoms with E-state index in [1.165, 1.54) is 0 Å². The van der Waals surface area contributed by atoms with Gasteiger partial charge in [0, 0.05) is 6.92 Å². The van der Waals surface area contributed by atoms with Crippen molar-refractivity contribution in [3.8, 4) is 0 Å². The average Bonchev–Trinajstić information content (AvgIpc) is 2.01. The van der Waals surface area contributed by atoms with Crippen molar-refractivity contribution in [2.24, 2.45) is 0 Å². The van der Waals surface area contributed by atoms with E-state index >= 15 is 0 Å². The van der Waals surface area contributed by atoms with E-state index in [2.05, 4.69) is 13.2 Å². The van der Waals surface area contributed by atoms with Crippen LogP contribution in [0, 0.1) is 0 Å². The molecule has 0 N–H and O–H groups in total. The highest BCUT2D eigenvalue weighted by Crippen LogP contribution is 2.36. The van der Waals surface area contributed by atoms with Gasteiger partial charge in [-0.25, -0.2) is 8.78 Å². The molecule has 0 spiro atoms. The Morgan fingerprint density at radius 1 is 1.20 bits per heavy atom. The summed E-state index contributed by atoms with van der Waals surface area (Å²) in [4.78, 5) is 0. The number of hydrogen-bond acceptors (Lipinski definition) is 1. The standard InChI is InChI=1S/C10H14F4O/c1-7(2)8(3)15-6-5-10(13,14)9(4,11)12/h1,3,5-6H2,2,4H3. The molecule has 0 amide bonds. The van der Waals surface area contributed by atoms with E-state index in [-0.39, 0.29) is 12.7 Å². The summed E-state index contributed by atoms with van der Waals surface area (Å²) in [7, 11) is 0. The lowest BCUT2D eigenvalue weighted by atomic mass is 10.1. The highest BCUT2D eigenvalue weighted by atomic mass is 19.3. The molecule has 0 aliphatic rings. The van der Waals surface area contributed by atoms with Crippen molar-refractivity contribution in [2.75, 3.05) is 6.61 Å². The summed E-state index contributed by atoms with van der Waals surface area (Å²) < 4.78 is 54.8. The fraction of sp³-hybridized carbons (Fsp3) is 0.600. The van der Waals surface area contributed by atoms with Crippen LogP contribution < -0.4 is 0 Å². The molecule has 0 aromatic carbocycles. The van der Waals surface area contributed by atoms with Crippen molar-refractivity contribution in [2.45, 2.75) is 32.1 Å². The van der Waals surface area contributed by atoms with Crippen molar-refractivity contribution in [3.05, 3.63) is 24.5 Å². The van der Waals surface area contributed by atoms with Crippen LogP contribution in [0.4, 0.5) is 17.6 Å². The zero-order chi connectivity index (χ0) is 12.3. The van der Waals surface area contributed by atoms with Crippen molar-refractivity contribution in [3.63, 3.8) is 0 Å². The predicted octanol–water partition coefficient (Wildman–Crippen LogP) is 3.77. The van der Waals surface area contributed by atoms with Gasteiger partial charge in [-0.05, 0) is 12.5 Å². The first kappa shape index (κ1) is 14.0. The molecule has 0 aliphatic carbocycles. The van der Waals surface area contributed by atoms with Gasteiger partial charge < -0.3 is 4.74 Å². The Morgan fingerprint density at radius 2 is 1.67 bits per heavy atom. The SMILES string of the molecule is C=C(C)C(=C)OCCC(F)(F)C(C)(F)F. The zero-order valence-electron chi connectivity index (χ0n) is 8.75. The van der Waals surface area contributed by atoms with Crippen molar-refractivity contribution < 1.29 is 22.3 Å². The van der Waals surface area contributed by atoms with Gasteiger partial charge in [-0.2, -0.15) is 8.78 Å². The molecule has 88 valence electrons. The number of allylic oxidation sites excluding steroid dienone is 1. The molecule has 0 saturated carbocycles. The summed E-state index contributed by atoms with van der Waals surface area (Å²) in [5.41, 5.74) is 0.474. The van der Waals surface area contributed by atoms with Crippen LogP contribution in [0.25, 0.3) is 0 Å². The van der Waals surface area contributed by atoms with Crippen LogP contribution >= 0.6 is 0 Å². The van der Waals surface area contributed by atoms with Gasteiger partial charge in [-0.3, -0.25) is 0 Å². The number of rotatable bonds is 6. The van der Waals surface area contributed by atoms with Gasteiger partial charge in [0.15, 0.2) is 0 Å². The van der Waals surface area contributed by atoms with Crippen molar-refractivity contribution in [1.82, 2.24) is 0 Å². The van der Waals surface area contributed by atoms with Crippen LogP contribution in [-0.2, 0) is 4.74 Å². The number of halogens is 4.